The molecule has 1 amide bonds. The Kier molecular flexibility index (Phi) is 6.93. The number of methoxy groups -OCH3 is 1. The Morgan fingerprint density at radius 1 is 1.07 bits per heavy atom. The van der Waals surface area contributed by atoms with Crippen LogP contribution in [0.1, 0.15) is 22.0 Å². The molecule has 0 bridgehead atoms. The van der Waals surface area contributed by atoms with Crippen LogP contribution in [0.3, 0.4) is 0 Å². The van der Waals surface area contributed by atoms with Crippen LogP contribution < -0.4 is 10.1 Å². The third-order valence-corrected chi connectivity index (χ3v) is 5.13. The van der Waals surface area contributed by atoms with Crippen LogP contribution in [-0.4, -0.2) is 29.5 Å². The van der Waals surface area contributed by atoms with Gasteiger partial charge >= 0.3 is 0 Å². The molecule has 0 radical (unpaired) electrons. The van der Waals surface area contributed by atoms with Crippen molar-refractivity contribution in [3.8, 4) is 5.75 Å². The topological polar surface area (TPSA) is 64.1 Å². The second kappa shape index (κ2) is 9.83. The molecule has 1 aromatic carbocycles. The largest absolute Gasteiger partial charge is 0.496 e. The normalized spacial score (nSPS) is 10.6. The van der Waals surface area contributed by atoms with E-state index in [-0.39, 0.29) is 5.91 Å². The molecule has 0 fully saturated rings. The molecule has 0 saturated carbocycles. The summed E-state index contributed by atoms with van der Waals surface area (Å²) in [6.07, 6.45) is 4.56. The van der Waals surface area contributed by atoms with E-state index < -0.39 is 0 Å². The lowest BCUT2D eigenvalue weighted by atomic mass is 10.1. The molecule has 3 rings (SSSR count). The fraction of sp³-hybridized carbons (Fsp3) is 0.286. The van der Waals surface area contributed by atoms with Crippen LogP contribution >= 0.6 is 11.3 Å². The average Bonchev–Trinajstić information content (AvgIpc) is 3.15. The van der Waals surface area contributed by atoms with Crippen molar-refractivity contribution in [1.29, 1.82) is 0 Å². The van der Waals surface area contributed by atoms with Gasteiger partial charge in [-0.25, -0.2) is 4.98 Å². The van der Waals surface area contributed by atoms with Gasteiger partial charge in [-0.1, -0.05) is 24.3 Å². The van der Waals surface area contributed by atoms with E-state index in [9.17, 15) is 4.79 Å². The van der Waals surface area contributed by atoms with E-state index in [0.717, 1.165) is 47.0 Å². The Morgan fingerprint density at radius 3 is 2.74 bits per heavy atom. The van der Waals surface area contributed by atoms with Gasteiger partial charge in [-0.05, 0) is 36.6 Å². The van der Waals surface area contributed by atoms with E-state index in [1.54, 1.807) is 24.6 Å². The minimum absolute atomic E-state index is 0.00789. The van der Waals surface area contributed by atoms with E-state index in [1.165, 1.54) is 0 Å². The van der Waals surface area contributed by atoms with E-state index in [1.807, 2.05) is 47.8 Å². The molecular formula is C21H23N3O2S. The maximum atomic E-state index is 12.2. The van der Waals surface area contributed by atoms with Crippen molar-refractivity contribution in [3.05, 3.63) is 76.0 Å². The molecule has 27 heavy (non-hydrogen) atoms. The highest BCUT2D eigenvalue weighted by molar-refractivity contribution is 7.09. The number of carbonyl (C=O) groups is 1. The number of nitrogens with one attached hydrogen (secondary N) is 1. The zero-order valence-electron chi connectivity index (χ0n) is 15.4. The first kappa shape index (κ1) is 19.0. The van der Waals surface area contributed by atoms with Crippen molar-refractivity contribution in [2.75, 3.05) is 13.7 Å². The number of ether oxygens (including phenoxy) is 1. The van der Waals surface area contributed by atoms with Crippen LogP contribution in [0, 0.1) is 0 Å². The number of thiazole rings is 1. The number of aryl methyl sites for hydroxylation is 2. The summed E-state index contributed by atoms with van der Waals surface area (Å²) in [5.41, 5.74) is 2.97. The quantitative estimate of drug-likeness (QED) is 0.618. The van der Waals surface area contributed by atoms with E-state index in [2.05, 4.69) is 15.3 Å². The lowest BCUT2D eigenvalue weighted by Gasteiger charge is -2.08. The number of para-hydroxylation sites is 1. The summed E-state index contributed by atoms with van der Waals surface area (Å²) in [6, 6.07) is 13.8. The third kappa shape index (κ3) is 5.89. The minimum atomic E-state index is -0.00789. The smallest absolute Gasteiger partial charge is 0.226 e. The van der Waals surface area contributed by atoms with Gasteiger partial charge in [-0.3, -0.25) is 9.78 Å². The van der Waals surface area contributed by atoms with Gasteiger partial charge in [0.05, 0.1) is 24.2 Å². The number of carbonyl (C=O) groups excluding carboxylic acids is 1. The Morgan fingerprint density at radius 2 is 1.93 bits per heavy atom. The number of rotatable bonds is 9. The molecule has 2 heterocycles. The third-order valence-electron chi connectivity index (χ3n) is 4.17. The lowest BCUT2D eigenvalue weighted by molar-refractivity contribution is -0.120. The fourth-order valence-electron chi connectivity index (χ4n) is 2.80. The van der Waals surface area contributed by atoms with Gasteiger partial charge in [0.1, 0.15) is 5.75 Å². The first-order chi connectivity index (χ1) is 13.2. The highest BCUT2D eigenvalue weighted by Crippen LogP contribution is 2.17. The fourth-order valence-corrected chi connectivity index (χ4v) is 3.60. The lowest BCUT2D eigenvalue weighted by Crippen LogP contribution is -2.27. The molecule has 0 aliphatic rings. The Labute approximate surface area is 163 Å². The second-order valence-electron chi connectivity index (χ2n) is 6.14. The molecule has 0 aliphatic heterocycles. The number of nitrogens with zero attached hydrogens (tertiary/aromatic N) is 2. The molecule has 2 aromatic heterocycles. The minimum Gasteiger partial charge on any atom is -0.496 e. The van der Waals surface area contributed by atoms with Crippen molar-refractivity contribution < 1.29 is 9.53 Å². The van der Waals surface area contributed by atoms with Gasteiger partial charge in [0.25, 0.3) is 0 Å². The number of hydrogen-bond donors (Lipinski definition) is 1. The first-order valence-electron chi connectivity index (χ1n) is 8.96. The van der Waals surface area contributed by atoms with Gasteiger partial charge in [0.15, 0.2) is 0 Å². The summed E-state index contributed by atoms with van der Waals surface area (Å²) in [5, 5.41) is 5.96. The first-order valence-corrected chi connectivity index (χ1v) is 9.84. The molecule has 0 spiro atoms. The zero-order chi connectivity index (χ0) is 18.9. The average molecular weight is 382 g/mol. The molecule has 1 N–H and O–H groups in total. The van der Waals surface area contributed by atoms with Crippen LogP contribution in [-0.2, 0) is 30.5 Å². The summed E-state index contributed by atoms with van der Waals surface area (Å²) >= 11 is 1.60. The van der Waals surface area contributed by atoms with Gasteiger partial charge in [-0.2, -0.15) is 0 Å². The van der Waals surface area contributed by atoms with E-state index in [0.29, 0.717) is 13.0 Å². The predicted octanol–water partition coefficient (Wildman–Crippen LogP) is 3.23. The molecule has 140 valence electrons. The molecule has 0 aliphatic carbocycles. The number of amides is 1. The maximum absolute atomic E-state index is 12.2. The predicted molar refractivity (Wildman–Crippen MR) is 107 cm³/mol. The zero-order valence-corrected chi connectivity index (χ0v) is 16.2. The number of hydrogen-bond acceptors (Lipinski definition) is 5. The summed E-state index contributed by atoms with van der Waals surface area (Å²) < 4.78 is 5.33. The number of benzene rings is 1. The highest BCUT2D eigenvalue weighted by Gasteiger charge is 2.09. The van der Waals surface area contributed by atoms with Crippen molar-refractivity contribution in [1.82, 2.24) is 15.3 Å². The van der Waals surface area contributed by atoms with Crippen molar-refractivity contribution in [2.45, 2.75) is 25.7 Å². The van der Waals surface area contributed by atoms with Crippen molar-refractivity contribution in [3.63, 3.8) is 0 Å². The molecule has 6 heteroatoms. The molecule has 5 nitrogen and oxygen atoms in total. The maximum Gasteiger partial charge on any atom is 0.226 e. The summed E-state index contributed by atoms with van der Waals surface area (Å²) in [6.45, 7) is 0.579. The van der Waals surface area contributed by atoms with Crippen LogP contribution in [0.4, 0.5) is 0 Å². The monoisotopic (exact) mass is 381 g/mol. The van der Waals surface area contributed by atoms with E-state index in [4.69, 9.17) is 4.74 Å². The molecule has 0 unspecified atom stereocenters. The second-order valence-corrected chi connectivity index (χ2v) is 7.08. The SMILES string of the molecule is COc1ccccc1CCNC(=O)Cc1csc(CCc2ccccn2)n1. The van der Waals surface area contributed by atoms with Crippen LogP contribution in [0.15, 0.2) is 54.0 Å². The van der Waals surface area contributed by atoms with Crippen molar-refractivity contribution in [2.24, 2.45) is 0 Å². The van der Waals surface area contributed by atoms with Gasteiger partial charge in [0.2, 0.25) is 5.91 Å². The van der Waals surface area contributed by atoms with Crippen molar-refractivity contribution >= 4 is 17.2 Å². The highest BCUT2D eigenvalue weighted by atomic mass is 32.1. The van der Waals surface area contributed by atoms with E-state index >= 15 is 0 Å². The Balaban J connectivity index is 1.42. The summed E-state index contributed by atoms with van der Waals surface area (Å²) in [7, 11) is 1.66. The Bertz CT molecular complexity index is 865. The van der Waals surface area contributed by atoms with Gasteiger partial charge < -0.3 is 10.1 Å². The summed E-state index contributed by atoms with van der Waals surface area (Å²) in [5.74, 6) is 0.843. The Hall–Kier alpha value is -2.73. The molecule has 0 saturated heterocycles. The standard InChI is InChI=1S/C21H23N3O2S/c1-26-19-8-3-2-6-16(19)11-13-23-20(25)14-18-15-27-21(24-18)10-9-17-7-4-5-12-22-17/h2-8,12,15H,9-11,13-14H2,1H3,(H,23,25). The molecule has 3 aromatic rings. The summed E-state index contributed by atoms with van der Waals surface area (Å²) in [4.78, 5) is 21.1. The van der Waals surface area contributed by atoms with Crippen LogP contribution in [0.5, 0.6) is 5.75 Å². The van der Waals surface area contributed by atoms with Gasteiger partial charge in [0, 0.05) is 30.2 Å². The van der Waals surface area contributed by atoms with Gasteiger partial charge in [-0.15, -0.1) is 11.3 Å². The van der Waals surface area contributed by atoms with Crippen LogP contribution in [0.25, 0.3) is 0 Å². The molecular weight excluding hydrogens is 358 g/mol. The number of pyridine rings is 1. The molecule has 0 atom stereocenters. The number of aromatic nitrogens is 2. The van der Waals surface area contributed by atoms with Crippen LogP contribution in [0.2, 0.25) is 0 Å².